The van der Waals surface area contributed by atoms with Crippen molar-refractivity contribution in [1.82, 2.24) is 0 Å². The average molecular weight is 777 g/mol. The molecule has 14 nitrogen and oxygen atoms in total. The van der Waals surface area contributed by atoms with E-state index in [9.17, 15) is 45.1 Å². The van der Waals surface area contributed by atoms with Gasteiger partial charge in [-0.25, -0.2) is 16.8 Å². The molecule has 2 atom stereocenters. The molecule has 0 spiro atoms. The van der Waals surface area contributed by atoms with Crippen molar-refractivity contribution in [2.45, 2.75) is 154 Å². The summed E-state index contributed by atoms with van der Waals surface area (Å²) >= 11 is 0. The van der Waals surface area contributed by atoms with E-state index in [1.165, 1.54) is 0 Å². The molecule has 0 heterocycles. The SMILES string of the molecule is CCCCCCOC(=O)CC(C(=O)OCCCCCC)S(=O)(=O)[O-].CCCCCCOC(=O)CC(C(=O)OCCCCCC)S(=O)(=O)[O-].[Na+].[Na+]. The first kappa shape index (κ1) is 56.4. The summed E-state index contributed by atoms with van der Waals surface area (Å²) in [6, 6.07) is 0. The first-order valence-electron chi connectivity index (χ1n) is 17.2. The fraction of sp³-hybridized carbons (Fsp3) is 0.875. The van der Waals surface area contributed by atoms with Crippen molar-refractivity contribution in [3.8, 4) is 0 Å². The van der Waals surface area contributed by atoms with E-state index in [-0.39, 0.29) is 85.5 Å². The number of hydrogen-bond acceptors (Lipinski definition) is 14. The van der Waals surface area contributed by atoms with Gasteiger partial charge in [-0.1, -0.05) is 105 Å². The Morgan fingerprint density at radius 1 is 0.440 bits per heavy atom. The molecule has 2 unspecified atom stereocenters. The van der Waals surface area contributed by atoms with Crippen LogP contribution in [0.2, 0.25) is 0 Å². The molecule has 0 amide bonds. The second kappa shape index (κ2) is 35.7. The Bertz CT molecular complexity index is 1020. The van der Waals surface area contributed by atoms with E-state index in [4.69, 9.17) is 18.9 Å². The van der Waals surface area contributed by atoms with Gasteiger partial charge in [0.25, 0.3) is 0 Å². The quantitative estimate of drug-likeness (QED) is 0.0309. The van der Waals surface area contributed by atoms with Gasteiger partial charge in [-0.3, -0.25) is 19.2 Å². The molecule has 0 aromatic rings. The summed E-state index contributed by atoms with van der Waals surface area (Å²) in [7, 11) is -9.94. The third-order valence-electron chi connectivity index (χ3n) is 6.93. The van der Waals surface area contributed by atoms with Gasteiger partial charge in [0.2, 0.25) is 0 Å². The van der Waals surface area contributed by atoms with Gasteiger partial charge in [-0.2, -0.15) is 0 Å². The standard InChI is InChI=1S/2C16H30O7S.2Na/c2*1-3-5-7-9-11-22-15(17)13-14(24(19,20)21)16(18)23-12-10-8-6-4-2;;/h2*14H,3-13H2,1-2H3,(H,19,20,21);;/q;;2*+1/p-2. The Morgan fingerprint density at radius 2 is 0.680 bits per heavy atom. The molecule has 0 N–H and O–H groups in total. The van der Waals surface area contributed by atoms with E-state index in [1.54, 1.807) is 0 Å². The molecule has 0 aromatic carbocycles. The minimum Gasteiger partial charge on any atom is -0.747 e. The number of unbranched alkanes of at least 4 members (excludes halogenated alkanes) is 12. The average Bonchev–Trinajstić information content (AvgIpc) is 3.01. The van der Waals surface area contributed by atoms with E-state index in [2.05, 4.69) is 0 Å². The number of esters is 4. The monoisotopic (exact) mass is 776 g/mol. The van der Waals surface area contributed by atoms with Crippen molar-refractivity contribution in [3.63, 3.8) is 0 Å². The predicted molar refractivity (Wildman–Crippen MR) is 177 cm³/mol. The van der Waals surface area contributed by atoms with Gasteiger partial charge in [0.1, 0.15) is 20.2 Å². The molecule has 0 saturated heterocycles. The molecule has 50 heavy (non-hydrogen) atoms. The zero-order valence-electron chi connectivity index (χ0n) is 31.2. The summed E-state index contributed by atoms with van der Waals surface area (Å²) in [4.78, 5) is 46.8. The van der Waals surface area contributed by atoms with Crippen molar-refractivity contribution < 1.29 is 123 Å². The van der Waals surface area contributed by atoms with Crippen molar-refractivity contribution >= 4 is 44.1 Å². The largest absolute Gasteiger partial charge is 1.00 e. The number of carbonyl (C=O) groups is 4. The number of carbonyl (C=O) groups excluding carboxylic acids is 4. The van der Waals surface area contributed by atoms with Gasteiger partial charge in [0, 0.05) is 0 Å². The zero-order valence-corrected chi connectivity index (χ0v) is 36.9. The number of ether oxygens (including phenoxy) is 4. The van der Waals surface area contributed by atoms with Crippen LogP contribution >= 0.6 is 0 Å². The maximum absolute atomic E-state index is 11.8. The van der Waals surface area contributed by atoms with Crippen molar-refractivity contribution in [2.24, 2.45) is 0 Å². The smallest absolute Gasteiger partial charge is 0.747 e. The Labute approximate surface area is 344 Å². The minimum absolute atomic E-state index is 0. The number of rotatable bonds is 28. The summed E-state index contributed by atoms with van der Waals surface area (Å²) in [5.74, 6) is -4.11. The van der Waals surface area contributed by atoms with Crippen LogP contribution in [-0.2, 0) is 58.4 Å². The first-order chi connectivity index (χ1) is 22.6. The summed E-state index contributed by atoms with van der Waals surface area (Å²) < 4.78 is 86.5. The molecule has 0 aliphatic heterocycles. The summed E-state index contributed by atoms with van der Waals surface area (Å²) in [5, 5.41) is -4.07. The molecule has 18 heteroatoms. The molecule has 0 bridgehead atoms. The molecule has 284 valence electrons. The van der Waals surface area contributed by atoms with Gasteiger partial charge in [0.15, 0.2) is 10.5 Å². The minimum atomic E-state index is -4.97. The van der Waals surface area contributed by atoms with Gasteiger partial charge in [-0.15, -0.1) is 0 Å². The molecular weight excluding hydrogens is 718 g/mol. The van der Waals surface area contributed by atoms with Crippen molar-refractivity contribution in [1.29, 1.82) is 0 Å². The van der Waals surface area contributed by atoms with Gasteiger partial charge in [0.05, 0.1) is 39.3 Å². The first-order valence-corrected chi connectivity index (χ1v) is 20.1. The number of hydrogen-bond donors (Lipinski definition) is 0. The van der Waals surface area contributed by atoms with Gasteiger partial charge >= 0.3 is 83.0 Å². The Hall–Kier alpha value is -0.300. The van der Waals surface area contributed by atoms with Crippen molar-refractivity contribution in [2.75, 3.05) is 26.4 Å². The van der Waals surface area contributed by atoms with Crippen LogP contribution in [0, 0.1) is 0 Å². The second-order valence-corrected chi connectivity index (χ2v) is 14.5. The van der Waals surface area contributed by atoms with E-state index in [0.29, 0.717) is 25.7 Å². The van der Waals surface area contributed by atoms with Crippen LogP contribution in [0.1, 0.15) is 143 Å². The van der Waals surface area contributed by atoms with E-state index < -0.39 is 67.5 Å². The third kappa shape index (κ3) is 33.5. The van der Waals surface area contributed by atoms with Gasteiger partial charge < -0.3 is 28.1 Å². The van der Waals surface area contributed by atoms with Crippen LogP contribution in [0.4, 0.5) is 0 Å². The molecule has 0 aliphatic carbocycles. The van der Waals surface area contributed by atoms with Crippen LogP contribution in [0.15, 0.2) is 0 Å². The second-order valence-electron chi connectivity index (χ2n) is 11.4. The molecule has 0 aromatic heterocycles. The molecule has 0 fully saturated rings. The maximum atomic E-state index is 11.8. The Morgan fingerprint density at radius 3 is 0.900 bits per heavy atom. The Kier molecular flexibility index (Phi) is 40.3. The van der Waals surface area contributed by atoms with Crippen LogP contribution < -0.4 is 59.1 Å². The Balaban J connectivity index is -0.000000407. The van der Waals surface area contributed by atoms with Crippen LogP contribution in [0.3, 0.4) is 0 Å². The molecule has 0 radical (unpaired) electrons. The molecule has 0 rings (SSSR count). The van der Waals surface area contributed by atoms with E-state index >= 15 is 0 Å². The summed E-state index contributed by atoms with van der Waals surface area (Å²) in [5.41, 5.74) is 0. The van der Waals surface area contributed by atoms with Crippen molar-refractivity contribution in [3.05, 3.63) is 0 Å². The van der Waals surface area contributed by atoms with Crippen LogP contribution in [0.5, 0.6) is 0 Å². The topological polar surface area (TPSA) is 220 Å². The fourth-order valence-electron chi connectivity index (χ4n) is 4.05. The van der Waals surface area contributed by atoms with E-state index in [1.807, 2.05) is 27.7 Å². The van der Waals surface area contributed by atoms with Gasteiger partial charge in [-0.05, 0) is 25.7 Å². The van der Waals surface area contributed by atoms with E-state index in [0.717, 1.165) is 77.0 Å². The predicted octanol–water partition coefficient (Wildman–Crippen LogP) is -0.917. The molecular formula is C32H58Na2O14S2. The normalized spacial score (nSPS) is 12.1. The fourth-order valence-corrected chi connectivity index (χ4v) is 5.33. The third-order valence-corrected chi connectivity index (χ3v) is 9.05. The molecule has 0 saturated carbocycles. The van der Waals surface area contributed by atoms with Crippen LogP contribution in [0.25, 0.3) is 0 Å². The summed E-state index contributed by atoms with van der Waals surface area (Å²) in [6.07, 6.45) is 12.5. The zero-order chi connectivity index (χ0) is 36.8. The summed E-state index contributed by atoms with van der Waals surface area (Å²) in [6.45, 7) is 8.52. The maximum Gasteiger partial charge on any atom is 1.00 e. The molecule has 0 aliphatic rings. The van der Waals surface area contributed by atoms with Crippen LogP contribution in [-0.4, -0.2) is 86.7 Å².